The van der Waals surface area contributed by atoms with Gasteiger partial charge in [0.1, 0.15) is 11.5 Å². The Bertz CT molecular complexity index is 504. The molecule has 0 saturated carbocycles. The second kappa shape index (κ2) is 6.11. The van der Waals surface area contributed by atoms with E-state index >= 15 is 0 Å². The molecule has 5 heteroatoms. The third-order valence-electron chi connectivity index (χ3n) is 3.10. The Morgan fingerprint density at radius 3 is 2.50 bits per heavy atom. The molecule has 2 rings (SSSR count). The van der Waals surface area contributed by atoms with Crippen molar-refractivity contribution in [2.45, 2.75) is 32.5 Å². The van der Waals surface area contributed by atoms with Gasteiger partial charge in [0.25, 0.3) is 0 Å². The summed E-state index contributed by atoms with van der Waals surface area (Å²) < 4.78 is 38.1. The number of rotatable bonds is 4. The first-order valence-electron chi connectivity index (χ1n) is 6.64. The fourth-order valence-electron chi connectivity index (χ4n) is 2.13. The normalized spacial score (nSPS) is 15.9. The van der Waals surface area contributed by atoms with Gasteiger partial charge in [-0.1, -0.05) is 37.3 Å². The van der Waals surface area contributed by atoms with Crippen LogP contribution >= 0.6 is 0 Å². The van der Waals surface area contributed by atoms with Crippen LogP contribution in [0.2, 0.25) is 0 Å². The van der Waals surface area contributed by atoms with Gasteiger partial charge in [-0.25, -0.2) is 4.99 Å². The summed E-state index contributed by atoms with van der Waals surface area (Å²) in [4.78, 5) is 5.70. The Balaban J connectivity index is 2.16. The summed E-state index contributed by atoms with van der Waals surface area (Å²) in [5.41, 5.74) is 0.297. The maximum atomic E-state index is 12.7. The molecule has 0 atom stereocenters. The van der Waals surface area contributed by atoms with Crippen LogP contribution in [0.5, 0.6) is 0 Å². The van der Waals surface area contributed by atoms with Crippen molar-refractivity contribution < 1.29 is 13.2 Å². The highest BCUT2D eigenvalue weighted by molar-refractivity contribution is 5.84. The van der Waals surface area contributed by atoms with Crippen LogP contribution in [-0.4, -0.2) is 23.5 Å². The molecular weight excluding hydrogens is 265 g/mol. The Kier molecular flexibility index (Phi) is 4.47. The smallest absolute Gasteiger partial charge is 0.352 e. The molecular formula is C15H17F3N2. The van der Waals surface area contributed by atoms with Gasteiger partial charge in [-0.05, 0) is 18.1 Å². The predicted molar refractivity (Wildman–Crippen MR) is 73.3 cm³/mol. The fourth-order valence-corrected chi connectivity index (χ4v) is 2.13. The molecule has 1 heterocycles. The largest absolute Gasteiger partial charge is 0.433 e. The highest BCUT2D eigenvalue weighted by Crippen LogP contribution is 2.29. The molecule has 0 aliphatic carbocycles. The number of benzene rings is 1. The predicted octanol–water partition coefficient (Wildman–Crippen LogP) is 4.15. The van der Waals surface area contributed by atoms with Crippen LogP contribution < -0.4 is 0 Å². The molecule has 0 radical (unpaired) electrons. The van der Waals surface area contributed by atoms with E-state index in [-0.39, 0.29) is 6.54 Å². The highest BCUT2D eigenvalue weighted by Gasteiger charge is 2.36. The molecule has 2 nitrogen and oxygen atoms in total. The molecule has 1 aliphatic heterocycles. The van der Waals surface area contributed by atoms with Gasteiger partial charge in [0.15, 0.2) is 0 Å². The van der Waals surface area contributed by atoms with E-state index in [2.05, 4.69) is 4.99 Å². The number of allylic oxidation sites excluding steroid dienone is 1. The third kappa shape index (κ3) is 3.62. The lowest BCUT2D eigenvalue weighted by molar-refractivity contribution is -0.0931. The average molecular weight is 282 g/mol. The van der Waals surface area contributed by atoms with E-state index in [1.54, 1.807) is 0 Å². The number of halogens is 3. The molecule has 0 amide bonds. The quantitative estimate of drug-likeness (QED) is 0.810. The number of aliphatic imine (C=N–C) groups is 1. The zero-order valence-corrected chi connectivity index (χ0v) is 11.3. The Morgan fingerprint density at radius 2 is 1.90 bits per heavy atom. The fraction of sp³-hybridized carbons (Fsp3) is 0.400. The molecule has 0 aromatic heterocycles. The van der Waals surface area contributed by atoms with Crippen LogP contribution in [0.4, 0.5) is 13.2 Å². The van der Waals surface area contributed by atoms with E-state index in [1.807, 2.05) is 42.2 Å². The number of hydrogen-bond donors (Lipinski definition) is 0. The maximum Gasteiger partial charge on any atom is 0.433 e. The van der Waals surface area contributed by atoms with Crippen LogP contribution in [0.1, 0.15) is 25.3 Å². The van der Waals surface area contributed by atoms with Crippen LogP contribution in [-0.2, 0) is 6.54 Å². The second-order valence-corrected chi connectivity index (χ2v) is 4.73. The second-order valence-electron chi connectivity index (χ2n) is 4.73. The van der Waals surface area contributed by atoms with Crippen LogP contribution in [0.15, 0.2) is 47.1 Å². The van der Waals surface area contributed by atoms with Crippen molar-refractivity contribution in [2.24, 2.45) is 4.99 Å². The number of nitrogens with zero attached hydrogens (tertiary/aromatic N) is 2. The minimum atomic E-state index is -4.36. The lowest BCUT2D eigenvalue weighted by Gasteiger charge is -2.29. The Hall–Kier alpha value is -1.78. The molecule has 1 aliphatic rings. The van der Waals surface area contributed by atoms with E-state index in [1.165, 1.54) is 0 Å². The third-order valence-corrected chi connectivity index (χ3v) is 3.10. The molecule has 0 spiro atoms. The van der Waals surface area contributed by atoms with Crippen molar-refractivity contribution in [3.63, 3.8) is 0 Å². The summed E-state index contributed by atoms with van der Waals surface area (Å²) in [7, 11) is 0. The van der Waals surface area contributed by atoms with Crippen molar-refractivity contribution in [1.29, 1.82) is 0 Å². The van der Waals surface area contributed by atoms with Gasteiger partial charge in [-0.15, -0.1) is 0 Å². The summed E-state index contributed by atoms with van der Waals surface area (Å²) in [6, 6.07) is 9.70. The zero-order chi connectivity index (χ0) is 14.6. The number of amidine groups is 1. The number of hydrogen-bond acceptors (Lipinski definition) is 2. The molecule has 0 unspecified atom stereocenters. The molecule has 0 saturated heterocycles. The van der Waals surface area contributed by atoms with Gasteiger partial charge in [0.05, 0.1) is 0 Å². The minimum Gasteiger partial charge on any atom is -0.352 e. The van der Waals surface area contributed by atoms with Gasteiger partial charge >= 0.3 is 6.18 Å². The van der Waals surface area contributed by atoms with Crippen molar-refractivity contribution in [2.75, 3.05) is 6.54 Å². The van der Waals surface area contributed by atoms with Gasteiger partial charge in [-0.3, -0.25) is 0 Å². The maximum absolute atomic E-state index is 12.7. The van der Waals surface area contributed by atoms with Crippen LogP contribution in [0.3, 0.4) is 0 Å². The van der Waals surface area contributed by atoms with E-state index in [0.29, 0.717) is 18.8 Å². The standard InChI is InChI=1S/C15H17F3N2/c1-2-6-14-19-13(15(16,17)18)9-10-20(14)11-12-7-4-3-5-8-12/h3-5,7-9H,2,6,10-11H2,1H3. The van der Waals surface area contributed by atoms with Crippen molar-refractivity contribution in [3.8, 4) is 0 Å². The molecule has 108 valence electrons. The Labute approximate surface area is 116 Å². The minimum absolute atomic E-state index is 0.253. The van der Waals surface area contributed by atoms with E-state index in [0.717, 1.165) is 18.1 Å². The van der Waals surface area contributed by atoms with Crippen molar-refractivity contribution in [3.05, 3.63) is 47.7 Å². The average Bonchev–Trinajstić information content (AvgIpc) is 2.41. The van der Waals surface area contributed by atoms with Gasteiger partial charge in [0, 0.05) is 19.5 Å². The number of alkyl halides is 3. The SMILES string of the molecule is CCCC1=NC(C(F)(F)F)=CCN1Cc1ccccc1. The first-order chi connectivity index (χ1) is 9.50. The molecule has 1 aromatic carbocycles. The summed E-state index contributed by atoms with van der Waals surface area (Å²) in [5.74, 6) is 0.520. The first kappa shape index (κ1) is 14.6. The van der Waals surface area contributed by atoms with Gasteiger partial charge in [-0.2, -0.15) is 13.2 Å². The molecule has 0 fully saturated rings. The highest BCUT2D eigenvalue weighted by atomic mass is 19.4. The van der Waals surface area contributed by atoms with Crippen molar-refractivity contribution in [1.82, 2.24) is 4.90 Å². The van der Waals surface area contributed by atoms with Crippen molar-refractivity contribution >= 4 is 5.84 Å². The first-order valence-corrected chi connectivity index (χ1v) is 6.64. The zero-order valence-electron chi connectivity index (χ0n) is 11.3. The van der Waals surface area contributed by atoms with Gasteiger partial charge in [0.2, 0.25) is 0 Å². The topological polar surface area (TPSA) is 15.6 Å². The van der Waals surface area contributed by atoms with E-state index in [4.69, 9.17) is 0 Å². The summed E-state index contributed by atoms with van der Waals surface area (Å²) >= 11 is 0. The van der Waals surface area contributed by atoms with Gasteiger partial charge < -0.3 is 4.90 Å². The summed E-state index contributed by atoms with van der Waals surface area (Å²) in [6.45, 7) is 2.78. The van der Waals surface area contributed by atoms with Crippen LogP contribution in [0, 0.1) is 0 Å². The summed E-state index contributed by atoms with van der Waals surface area (Å²) in [5, 5.41) is 0. The molecule has 0 N–H and O–H groups in total. The van der Waals surface area contributed by atoms with E-state index < -0.39 is 11.9 Å². The Morgan fingerprint density at radius 1 is 1.20 bits per heavy atom. The van der Waals surface area contributed by atoms with Crippen LogP contribution in [0.25, 0.3) is 0 Å². The molecule has 1 aromatic rings. The molecule has 0 bridgehead atoms. The summed E-state index contributed by atoms with van der Waals surface area (Å²) in [6.07, 6.45) is -1.88. The lowest BCUT2D eigenvalue weighted by atomic mass is 10.1. The van der Waals surface area contributed by atoms with E-state index in [9.17, 15) is 13.2 Å². The molecule has 20 heavy (non-hydrogen) atoms. The monoisotopic (exact) mass is 282 g/mol. The lowest BCUT2D eigenvalue weighted by Crippen LogP contribution is -2.34.